The maximum Gasteiger partial charge on any atom is 0.312 e. The van der Waals surface area contributed by atoms with Crippen LogP contribution in [0.15, 0.2) is 0 Å². The second-order valence-electron chi connectivity index (χ2n) is 2.13. The molecule has 0 aromatic rings. The number of amides is 4. The summed E-state index contributed by atoms with van der Waals surface area (Å²) in [7, 11) is 0. The molecule has 0 aliphatic heterocycles. The van der Waals surface area contributed by atoms with Gasteiger partial charge in [0.15, 0.2) is 0 Å². The Morgan fingerprint density at radius 1 is 1.17 bits per heavy atom. The van der Waals surface area contributed by atoms with Crippen molar-refractivity contribution in [1.82, 2.24) is 5.32 Å². The van der Waals surface area contributed by atoms with E-state index >= 15 is 0 Å². The van der Waals surface area contributed by atoms with Crippen molar-refractivity contribution in [3.63, 3.8) is 0 Å². The first-order valence-electron chi connectivity index (χ1n) is 3.07. The molecule has 0 aliphatic rings. The van der Waals surface area contributed by atoms with E-state index in [0.29, 0.717) is 0 Å². The predicted octanol–water partition coefficient (Wildman–Crippen LogP) is -2.62. The summed E-state index contributed by atoms with van der Waals surface area (Å²) in [6, 6.07) is -2.06. The molecule has 1 atom stereocenters. The molecule has 4 amide bonds. The third-order valence-electron chi connectivity index (χ3n) is 1.07. The van der Waals surface area contributed by atoms with E-state index in [1.165, 1.54) is 0 Å². The lowest BCUT2D eigenvalue weighted by atomic mass is 10.2. The molecular weight excluding hydrogens is 164 g/mol. The standard InChI is InChI=1S/C5H10N4O3/c6-3(10)1-2(4(7)11)9-5(8)12/h2H,1H2,(H2,6,10)(H2,7,11)(H3,8,9,12). The minimum Gasteiger partial charge on any atom is -0.370 e. The number of urea groups is 1. The van der Waals surface area contributed by atoms with Crippen molar-refractivity contribution in [2.45, 2.75) is 12.5 Å². The molecule has 0 radical (unpaired) electrons. The molecule has 7 heteroatoms. The molecule has 68 valence electrons. The van der Waals surface area contributed by atoms with Crippen LogP contribution in [-0.2, 0) is 9.59 Å². The highest BCUT2D eigenvalue weighted by Crippen LogP contribution is 1.88. The molecule has 1 unspecified atom stereocenters. The van der Waals surface area contributed by atoms with Crippen LogP contribution < -0.4 is 22.5 Å². The SMILES string of the molecule is NC(=O)CC(NC(N)=O)C(N)=O. The number of hydrogen-bond donors (Lipinski definition) is 4. The predicted molar refractivity (Wildman–Crippen MR) is 39.5 cm³/mol. The lowest BCUT2D eigenvalue weighted by molar-refractivity contribution is -0.124. The van der Waals surface area contributed by atoms with Crippen LogP contribution in [0.2, 0.25) is 0 Å². The number of nitrogens with two attached hydrogens (primary N) is 3. The first-order valence-corrected chi connectivity index (χ1v) is 3.07. The molecule has 0 bridgehead atoms. The average Bonchev–Trinajstić information content (AvgIpc) is 1.83. The Bertz CT molecular complexity index is 199. The monoisotopic (exact) mass is 174 g/mol. The zero-order chi connectivity index (χ0) is 9.72. The van der Waals surface area contributed by atoms with Crippen molar-refractivity contribution < 1.29 is 14.4 Å². The maximum absolute atomic E-state index is 10.5. The zero-order valence-corrected chi connectivity index (χ0v) is 6.24. The molecule has 0 spiro atoms. The van der Waals surface area contributed by atoms with Crippen molar-refractivity contribution in [2.24, 2.45) is 17.2 Å². The van der Waals surface area contributed by atoms with E-state index in [1.807, 2.05) is 5.32 Å². The van der Waals surface area contributed by atoms with Gasteiger partial charge in [0.25, 0.3) is 0 Å². The molecule has 7 nitrogen and oxygen atoms in total. The fraction of sp³-hybridized carbons (Fsp3) is 0.400. The van der Waals surface area contributed by atoms with Crippen LogP contribution in [0.1, 0.15) is 6.42 Å². The van der Waals surface area contributed by atoms with Crippen LogP contribution in [0.5, 0.6) is 0 Å². The number of carbonyl (C=O) groups is 3. The van der Waals surface area contributed by atoms with E-state index < -0.39 is 23.9 Å². The molecule has 12 heavy (non-hydrogen) atoms. The molecule has 0 fully saturated rings. The van der Waals surface area contributed by atoms with E-state index in [0.717, 1.165) is 0 Å². The number of primary amides is 3. The first kappa shape index (κ1) is 10.2. The fourth-order valence-electron chi connectivity index (χ4n) is 0.596. The van der Waals surface area contributed by atoms with Gasteiger partial charge in [0.1, 0.15) is 6.04 Å². The van der Waals surface area contributed by atoms with Gasteiger partial charge in [-0.05, 0) is 0 Å². The topological polar surface area (TPSA) is 141 Å². The van der Waals surface area contributed by atoms with Gasteiger partial charge in [-0.15, -0.1) is 0 Å². The Hall–Kier alpha value is -1.79. The fourth-order valence-corrected chi connectivity index (χ4v) is 0.596. The van der Waals surface area contributed by atoms with E-state index in [4.69, 9.17) is 17.2 Å². The minimum absolute atomic E-state index is 0.349. The van der Waals surface area contributed by atoms with Crippen LogP contribution in [0.4, 0.5) is 4.79 Å². The molecule has 0 saturated carbocycles. The van der Waals surface area contributed by atoms with E-state index in [1.54, 1.807) is 0 Å². The van der Waals surface area contributed by atoms with Gasteiger partial charge in [0.2, 0.25) is 11.8 Å². The number of carbonyl (C=O) groups excluding carboxylic acids is 3. The van der Waals surface area contributed by atoms with Crippen molar-refractivity contribution >= 4 is 17.8 Å². The van der Waals surface area contributed by atoms with E-state index in [-0.39, 0.29) is 6.42 Å². The summed E-state index contributed by atoms with van der Waals surface area (Å²) in [6.45, 7) is 0. The summed E-state index contributed by atoms with van der Waals surface area (Å²) in [5.41, 5.74) is 14.3. The normalized spacial score (nSPS) is 11.7. The maximum atomic E-state index is 10.5. The van der Waals surface area contributed by atoms with Crippen LogP contribution in [0.3, 0.4) is 0 Å². The Balaban J connectivity index is 4.14. The summed E-state index contributed by atoms with van der Waals surface area (Å²) >= 11 is 0. The Labute approximate surface area is 68.3 Å². The van der Waals surface area contributed by atoms with Gasteiger partial charge in [0, 0.05) is 0 Å². The number of hydrogen-bond acceptors (Lipinski definition) is 3. The highest BCUT2D eigenvalue weighted by Gasteiger charge is 2.18. The summed E-state index contributed by atoms with van der Waals surface area (Å²) < 4.78 is 0. The van der Waals surface area contributed by atoms with Crippen molar-refractivity contribution in [3.8, 4) is 0 Å². The lowest BCUT2D eigenvalue weighted by Crippen LogP contribution is -2.48. The van der Waals surface area contributed by atoms with Crippen molar-refractivity contribution in [1.29, 1.82) is 0 Å². The smallest absolute Gasteiger partial charge is 0.312 e. The molecule has 0 rings (SSSR count). The van der Waals surface area contributed by atoms with E-state index in [9.17, 15) is 14.4 Å². The average molecular weight is 174 g/mol. The Morgan fingerprint density at radius 2 is 1.67 bits per heavy atom. The first-order chi connectivity index (χ1) is 5.43. The molecule has 0 aromatic carbocycles. The van der Waals surface area contributed by atoms with Gasteiger partial charge in [-0.3, -0.25) is 9.59 Å². The van der Waals surface area contributed by atoms with Gasteiger partial charge in [-0.2, -0.15) is 0 Å². The Morgan fingerprint density at radius 3 is 1.92 bits per heavy atom. The lowest BCUT2D eigenvalue weighted by Gasteiger charge is -2.10. The van der Waals surface area contributed by atoms with Crippen molar-refractivity contribution in [3.05, 3.63) is 0 Å². The molecule has 0 aliphatic carbocycles. The van der Waals surface area contributed by atoms with Gasteiger partial charge in [-0.25, -0.2) is 4.79 Å². The van der Waals surface area contributed by atoms with Gasteiger partial charge >= 0.3 is 6.03 Å². The van der Waals surface area contributed by atoms with Crippen LogP contribution in [-0.4, -0.2) is 23.9 Å². The second-order valence-corrected chi connectivity index (χ2v) is 2.13. The summed E-state index contributed by atoms with van der Waals surface area (Å²) in [4.78, 5) is 31.1. The number of nitrogens with one attached hydrogen (secondary N) is 1. The van der Waals surface area contributed by atoms with Gasteiger partial charge in [0.05, 0.1) is 6.42 Å². The van der Waals surface area contributed by atoms with Crippen LogP contribution >= 0.6 is 0 Å². The van der Waals surface area contributed by atoms with Gasteiger partial charge < -0.3 is 22.5 Å². The highest BCUT2D eigenvalue weighted by molar-refractivity contribution is 5.89. The minimum atomic E-state index is -1.13. The van der Waals surface area contributed by atoms with Gasteiger partial charge in [-0.1, -0.05) is 0 Å². The summed E-state index contributed by atoms with van der Waals surface area (Å²) in [5.74, 6) is -1.60. The molecule has 7 N–H and O–H groups in total. The highest BCUT2D eigenvalue weighted by atomic mass is 16.2. The quantitative estimate of drug-likeness (QED) is 0.370. The summed E-state index contributed by atoms with van der Waals surface area (Å²) in [6.07, 6.45) is -0.349. The second kappa shape index (κ2) is 4.16. The summed E-state index contributed by atoms with van der Waals surface area (Å²) in [5, 5.41) is 1.97. The molecule has 0 aromatic heterocycles. The third kappa shape index (κ3) is 4.09. The van der Waals surface area contributed by atoms with E-state index in [2.05, 4.69) is 0 Å². The zero-order valence-electron chi connectivity index (χ0n) is 6.24. The van der Waals surface area contributed by atoms with Crippen molar-refractivity contribution in [2.75, 3.05) is 0 Å². The third-order valence-corrected chi connectivity index (χ3v) is 1.07. The Kier molecular flexibility index (Phi) is 3.54. The molecular formula is C5H10N4O3. The van der Waals surface area contributed by atoms with Crippen LogP contribution in [0, 0.1) is 0 Å². The van der Waals surface area contributed by atoms with Crippen LogP contribution in [0.25, 0.3) is 0 Å². The number of rotatable bonds is 4. The molecule has 0 heterocycles. The largest absolute Gasteiger partial charge is 0.370 e. The molecule has 0 saturated heterocycles.